The number of nitrogens with zero attached hydrogens (tertiary/aromatic N) is 1. The minimum absolute atomic E-state index is 0.0911. The van der Waals surface area contributed by atoms with Crippen LogP contribution in [0, 0.1) is 0 Å². The second kappa shape index (κ2) is 6.16. The van der Waals surface area contributed by atoms with Crippen molar-refractivity contribution in [2.24, 2.45) is 0 Å². The Morgan fingerprint density at radius 2 is 1.88 bits per heavy atom. The number of aliphatic carboxylic acids is 1. The smallest absolute Gasteiger partial charge is 0.432 e. The molecule has 24 heavy (non-hydrogen) atoms. The van der Waals surface area contributed by atoms with Gasteiger partial charge in [-0.1, -0.05) is 18.2 Å². The summed E-state index contributed by atoms with van der Waals surface area (Å²) >= 11 is 0. The van der Waals surface area contributed by atoms with Crippen molar-refractivity contribution in [1.29, 1.82) is 0 Å². The van der Waals surface area contributed by atoms with Gasteiger partial charge >= 0.3 is 18.1 Å². The molecular formula is C15H14F3NO5. The minimum Gasteiger partial charge on any atom is -0.480 e. The fraction of sp³-hybridized carbons (Fsp3) is 0.333. The zero-order chi connectivity index (χ0) is 18.1. The lowest BCUT2D eigenvalue weighted by molar-refractivity contribution is -0.267. The van der Waals surface area contributed by atoms with Crippen molar-refractivity contribution in [2.75, 3.05) is 6.61 Å². The molecule has 6 nitrogen and oxygen atoms in total. The number of esters is 1. The molecule has 1 aromatic carbocycles. The maximum atomic E-state index is 13.5. The Balaban J connectivity index is 2.76. The normalized spacial score (nSPS) is 14.4. The number of hydrogen-bond donors (Lipinski definition) is 2. The van der Waals surface area contributed by atoms with Crippen LogP contribution in [0.15, 0.2) is 30.5 Å². The molecule has 1 unspecified atom stereocenters. The molecule has 0 amide bonds. The Hall–Kier alpha value is -2.55. The van der Waals surface area contributed by atoms with E-state index in [1.807, 2.05) is 0 Å². The molecule has 1 atom stereocenters. The molecule has 0 saturated carbocycles. The van der Waals surface area contributed by atoms with Gasteiger partial charge in [0.25, 0.3) is 5.60 Å². The van der Waals surface area contributed by atoms with E-state index in [1.165, 1.54) is 31.2 Å². The lowest BCUT2D eigenvalue weighted by Crippen LogP contribution is -2.50. The number of carboxylic acid groups (broad SMARTS) is 1. The largest absolute Gasteiger partial charge is 0.480 e. The van der Waals surface area contributed by atoms with Crippen LogP contribution in [0.2, 0.25) is 0 Å². The number of aromatic nitrogens is 1. The summed E-state index contributed by atoms with van der Waals surface area (Å²) in [5.41, 5.74) is -4.53. The predicted molar refractivity (Wildman–Crippen MR) is 76.2 cm³/mol. The maximum Gasteiger partial charge on any atom is 0.432 e. The van der Waals surface area contributed by atoms with Crippen molar-refractivity contribution in [2.45, 2.75) is 25.2 Å². The Morgan fingerprint density at radius 3 is 2.42 bits per heavy atom. The first-order chi connectivity index (χ1) is 11.1. The summed E-state index contributed by atoms with van der Waals surface area (Å²) in [4.78, 5) is 22.8. The topological polar surface area (TPSA) is 88.8 Å². The highest BCUT2D eigenvalue weighted by Gasteiger charge is 2.63. The van der Waals surface area contributed by atoms with Crippen molar-refractivity contribution >= 4 is 22.8 Å². The lowest BCUT2D eigenvalue weighted by Gasteiger charge is -2.27. The number of carboxylic acids is 1. The highest BCUT2D eigenvalue weighted by atomic mass is 19.4. The summed E-state index contributed by atoms with van der Waals surface area (Å²) in [5.74, 6) is -3.15. The summed E-state index contributed by atoms with van der Waals surface area (Å²) in [6.45, 7) is 0.324. The Morgan fingerprint density at radius 1 is 1.25 bits per heavy atom. The molecule has 0 aliphatic rings. The second-order valence-corrected chi connectivity index (χ2v) is 5.01. The summed E-state index contributed by atoms with van der Waals surface area (Å²) in [7, 11) is 0. The zero-order valence-electron chi connectivity index (χ0n) is 12.5. The third kappa shape index (κ3) is 2.82. The lowest BCUT2D eigenvalue weighted by atomic mass is 9.92. The molecule has 1 heterocycles. The first-order valence-electron chi connectivity index (χ1n) is 6.89. The van der Waals surface area contributed by atoms with Crippen LogP contribution in [0.4, 0.5) is 13.2 Å². The number of carbonyl (C=O) groups excluding carboxylic acids is 1. The molecule has 2 rings (SSSR count). The van der Waals surface area contributed by atoms with Crippen molar-refractivity contribution < 1.29 is 37.7 Å². The quantitative estimate of drug-likeness (QED) is 0.810. The van der Waals surface area contributed by atoms with E-state index in [4.69, 9.17) is 5.11 Å². The molecule has 9 heteroatoms. The number of carbonyl (C=O) groups is 2. The van der Waals surface area contributed by atoms with Crippen LogP contribution in [-0.4, -0.2) is 39.5 Å². The van der Waals surface area contributed by atoms with Gasteiger partial charge in [-0.15, -0.1) is 0 Å². The van der Waals surface area contributed by atoms with E-state index in [0.29, 0.717) is 0 Å². The van der Waals surface area contributed by atoms with Crippen molar-refractivity contribution in [3.8, 4) is 0 Å². The SMILES string of the molecule is CCOC(=O)C(O)(c1cn(CC(=O)O)c2ccccc12)C(F)(F)F. The summed E-state index contributed by atoms with van der Waals surface area (Å²) < 4.78 is 45.9. The van der Waals surface area contributed by atoms with E-state index in [-0.39, 0.29) is 17.5 Å². The highest BCUT2D eigenvalue weighted by Crippen LogP contribution is 2.43. The van der Waals surface area contributed by atoms with Crippen molar-refractivity contribution in [1.82, 2.24) is 4.57 Å². The van der Waals surface area contributed by atoms with Gasteiger partial charge in [0.1, 0.15) is 6.54 Å². The van der Waals surface area contributed by atoms with Gasteiger partial charge in [0, 0.05) is 22.7 Å². The third-order valence-electron chi connectivity index (χ3n) is 3.47. The zero-order valence-corrected chi connectivity index (χ0v) is 12.5. The fourth-order valence-electron chi connectivity index (χ4n) is 2.43. The van der Waals surface area contributed by atoms with Gasteiger partial charge in [-0.25, -0.2) is 4.79 Å². The molecule has 0 radical (unpaired) electrons. The molecule has 0 bridgehead atoms. The third-order valence-corrected chi connectivity index (χ3v) is 3.47. The molecule has 1 aromatic heterocycles. The number of rotatable bonds is 5. The maximum absolute atomic E-state index is 13.5. The van der Waals surface area contributed by atoms with Crippen molar-refractivity contribution in [3.05, 3.63) is 36.0 Å². The summed E-state index contributed by atoms with van der Waals surface area (Å²) in [6.07, 6.45) is -4.54. The number of para-hydroxylation sites is 1. The van der Waals surface area contributed by atoms with Gasteiger partial charge in [-0.2, -0.15) is 13.2 Å². The van der Waals surface area contributed by atoms with E-state index in [2.05, 4.69) is 4.74 Å². The van der Waals surface area contributed by atoms with Crippen LogP contribution in [-0.2, 0) is 26.5 Å². The molecular weight excluding hydrogens is 331 g/mol. The molecule has 0 fully saturated rings. The van der Waals surface area contributed by atoms with Crippen LogP contribution in [0.1, 0.15) is 12.5 Å². The summed E-state index contributed by atoms with van der Waals surface area (Å²) in [5, 5.41) is 19.0. The van der Waals surface area contributed by atoms with E-state index < -0.39 is 35.8 Å². The monoisotopic (exact) mass is 345 g/mol. The fourth-order valence-corrected chi connectivity index (χ4v) is 2.43. The van der Waals surface area contributed by atoms with Crippen LogP contribution in [0.25, 0.3) is 10.9 Å². The minimum atomic E-state index is -5.35. The second-order valence-electron chi connectivity index (χ2n) is 5.01. The van der Waals surface area contributed by atoms with Crippen molar-refractivity contribution in [3.63, 3.8) is 0 Å². The predicted octanol–water partition coefficient (Wildman–Crippen LogP) is 2.04. The van der Waals surface area contributed by atoms with E-state index in [1.54, 1.807) is 0 Å². The Bertz CT molecular complexity index is 783. The van der Waals surface area contributed by atoms with Crippen LogP contribution in [0.3, 0.4) is 0 Å². The van der Waals surface area contributed by atoms with Gasteiger partial charge in [0.05, 0.1) is 6.61 Å². The summed E-state index contributed by atoms with van der Waals surface area (Å²) in [6, 6.07) is 5.57. The Kier molecular flexibility index (Phi) is 4.57. The molecule has 2 N–H and O–H groups in total. The van der Waals surface area contributed by atoms with Crippen LogP contribution < -0.4 is 0 Å². The number of benzene rings is 1. The van der Waals surface area contributed by atoms with Gasteiger partial charge in [0.2, 0.25) is 0 Å². The average Bonchev–Trinajstić information content (AvgIpc) is 2.84. The standard InChI is InChI=1S/C15H14F3NO5/c1-2-24-13(22)14(23,15(16,17)18)10-7-19(8-12(20)21)11-6-4-3-5-9(10)11/h3-7,23H,2,8H2,1H3,(H,20,21). The van der Waals surface area contributed by atoms with Crippen LogP contribution >= 0.6 is 0 Å². The van der Waals surface area contributed by atoms with Gasteiger partial charge in [0.15, 0.2) is 0 Å². The Labute approximate surface area is 134 Å². The number of alkyl halides is 3. The average molecular weight is 345 g/mol. The number of aliphatic hydroxyl groups is 1. The van der Waals surface area contributed by atoms with Crippen LogP contribution in [0.5, 0.6) is 0 Å². The number of hydrogen-bond acceptors (Lipinski definition) is 4. The number of fused-ring (bicyclic) bond motifs is 1. The molecule has 130 valence electrons. The molecule has 0 aliphatic heterocycles. The first-order valence-corrected chi connectivity index (χ1v) is 6.89. The number of halogens is 3. The van der Waals surface area contributed by atoms with E-state index in [9.17, 15) is 27.9 Å². The molecule has 0 saturated heterocycles. The van der Waals surface area contributed by atoms with E-state index in [0.717, 1.165) is 10.8 Å². The highest BCUT2D eigenvalue weighted by molar-refractivity contribution is 5.93. The van der Waals surface area contributed by atoms with Gasteiger partial charge in [-0.05, 0) is 13.0 Å². The van der Waals surface area contributed by atoms with Gasteiger partial charge in [-0.3, -0.25) is 4.79 Å². The number of ether oxygens (including phenoxy) is 1. The molecule has 2 aromatic rings. The van der Waals surface area contributed by atoms with E-state index >= 15 is 0 Å². The molecule has 0 aliphatic carbocycles. The molecule has 0 spiro atoms. The first kappa shape index (κ1) is 17.8. The van der Waals surface area contributed by atoms with Gasteiger partial charge < -0.3 is 19.5 Å².